The summed E-state index contributed by atoms with van der Waals surface area (Å²) in [5.74, 6) is -0.187. The molecule has 1 heterocycles. The molecule has 4 heteroatoms. The standard InChI is InChI=1S/C13H15N3O/c14-10-13(6-2-1-3-7-13)12(17)16-11-5-4-8-15-9-11/h4-5,8-9H,1-3,6-7H2,(H,16,17). The Morgan fingerprint density at radius 2 is 2.18 bits per heavy atom. The highest BCUT2D eigenvalue weighted by Gasteiger charge is 2.39. The largest absolute Gasteiger partial charge is 0.323 e. The van der Waals surface area contributed by atoms with Gasteiger partial charge in [-0.2, -0.15) is 5.26 Å². The lowest BCUT2D eigenvalue weighted by Crippen LogP contribution is -2.36. The molecule has 1 aromatic rings. The van der Waals surface area contributed by atoms with Crippen molar-refractivity contribution >= 4 is 11.6 Å². The van der Waals surface area contributed by atoms with E-state index < -0.39 is 5.41 Å². The Balaban J connectivity index is 2.11. The molecule has 2 rings (SSSR count). The zero-order valence-corrected chi connectivity index (χ0v) is 9.65. The number of amides is 1. The fourth-order valence-corrected chi connectivity index (χ4v) is 2.23. The number of carbonyl (C=O) groups is 1. The molecule has 1 aliphatic rings. The molecule has 0 atom stereocenters. The molecule has 0 aromatic carbocycles. The molecule has 4 nitrogen and oxygen atoms in total. The molecule has 0 bridgehead atoms. The van der Waals surface area contributed by atoms with Crippen LogP contribution >= 0.6 is 0 Å². The van der Waals surface area contributed by atoms with Crippen molar-refractivity contribution in [3.63, 3.8) is 0 Å². The predicted molar refractivity (Wildman–Crippen MR) is 64.0 cm³/mol. The Labute approximate surface area is 101 Å². The summed E-state index contributed by atoms with van der Waals surface area (Å²) >= 11 is 0. The first-order chi connectivity index (χ1) is 8.27. The number of pyridine rings is 1. The van der Waals surface area contributed by atoms with E-state index in [1.165, 1.54) is 0 Å². The SMILES string of the molecule is N#CC1(C(=O)Nc2cccnc2)CCCCC1. The van der Waals surface area contributed by atoms with E-state index in [2.05, 4.69) is 16.4 Å². The minimum atomic E-state index is -0.839. The average Bonchev–Trinajstić information content (AvgIpc) is 2.40. The minimum absolute atomic E-state index is 0.187. The smallest absolute Gasteiger partial charge is 0.244 e. The molecule has 17 heavy (non-hydrogen) atoms. The fourth-order valence-electron chi connectivity index (χ4n) is 2.23. The summed E-state index contributed by atoms with van der Waals surface area (Å²) in [6, 6.07) is 5.74. The maximum Gasteiger partial charge on any atom is 0.244 e. The van der Waals surface area contributed by atoms with Gasteiger partial charge in [-0.15, -0.1) is 0 Å². The van der Waals surface area contributed by atoms with Crippen molar-refractivity contribution in [2.75, 3.05) is 5.32 Å². The van der Waals surface area contributed by atoms with Gasteiger partial charge in [0, 0.05) is 6.20 Å². The van der Waals surface area contributed by atoms with E-state index in [1.54, 1.807) is 24.5 Å². The summed E-state index contributed by atoms with van der Waals surface area (Å²) in [6.45, 7) is 0. The molecular weight excluding hydrogens is 214 g/mol. The van der Waals surface area contributed by atoms with Gasteiger partial charge >= 0.3 is 0 Å². The average molecular weight is 229 g/mol. The van der Waals surface area contributed by atoms with Gasteiger partial charge in [0.05, 0.1) is 18.0 Å². The van der Waals surface area contributed by atoms with Crippen molar-refractivity contribution in [3.8, 4) is 6.07 Å². The number of rotatable bonds is 2. The Kier molecular flexibility index (Phi) is 3.38. The van der Waals surface area contributed by atoms with Gasteiger partial charge < -0.3 is 5.32 Å². The summed E-state index contributed by atoms with van der Waals surface area (Å²) in [5.41, 5.74) is -0.189. The van der Waals surface area contributed by atoms with Gasteiger partial charge in [0.2, 0.25) is 5.91 Å². The van der Waals surface area contributed by atoms with Gasteiger partial charge in [0.15, 0.2) is 0 Å². The second kappa shape index (κ2) is 4.96. The van der Waals surface area contributed by atoms with Crippen molar-refractivity contribution in [2.45, 2.75) is 32.1 Å². The number of nitriles is 1. The second-order valence-corrected chi connectivity index (χ2v) is 4.45. The molecular formula is C13H15N3O. The monoisotopic (exact) mass is 229 g/mol. The van der Waals surface area contributed by atoms with Crippen LogP contribution in [-0.2, 0) is 4.79 Å². The van der Waals surface area contributed by atoms with Crippen molar-refractivity contribution < 1.29 is 4.79 Å². The molecule has 0 radical (unpaired) electrons. The van der Waals surface area contributed by atoms with E-state index in [-0.39, 0.29) is 5.91 Å². The summed E-state index contributed by atoms with van der Waals surface area (Å²) in [7, 11) is 0. The fraction of sp³-hybridized carbons (Fsp3) is 0.462. The summed E-state index contributed by atoms with van der Waals surface area (Å²) in [4.78, 5) is 16.1. The lowest BCUT2D eigenvalue weighted by molar-refractivity contribution is -0.124. The van der Waals surface area contributed by atoms with Crippen LogP contribution in [0.4, 0.5) is 5.69 Å². The van der Waals surface area contributed by atoms with Crippen LogP contribution in [0.15, 0.2) is 24.5 Å². The first-order valence-corrected chi connectivity index (χ1v) is 5.90. The van der Waals surface area contributed by atoms with Crippen LogP contribution in [0, 0.1) is 16.7 Å². The molecule has 0 aliphatic heterocycles. The highest BCUT2D eigenvalue weighted by molar-refractivity contribution is 5.97. The molecule has 0 saturated heterocycles. The van der Waals surface area contributed by atoms with Crippen molar-refractivity contribution in [1.82, 2.24) is 4.98 Å². The lowest BCUT2D eigenvalue weighted by Gasteiger charge is -2.29. The Morgan fingerprint density at radius 1 is 1.41 bits per heavy atom. The third-order valence-corrected chi connectivity index (χ3v) is 3.28. The van der Waals surface area contributed by atoms with Crippen LogP contribution < -0.4 is 5.32 Å². The Hall–Kier alpha value is -1.89. The number of anilines is 1. The minimum Gasteiger partial charge on any atom is -0.323 e. The molecule has 0 spiro atoms. The predicted octanol–water partition coefficient (Wildman–Crippen LogP) is 2.49. The van der Waals surface area contributed by atoms with Gasteiger partial charge in [-0.1, -0.05) is 19.3 Å². The molecule has 1 N–H and O–H groups in total. The number of hydrogen-bond donors (Lipinski definition) is 1. The van der Waals surface area contributed by atoms with Crippen LogP contribution in [0.25, 0.3) is 0 Å². The zero-order chi connectivity index (χ0) is 12.1. The number of nitrogens with zero attached hydrogens (tertiary/aromatic N) is 2. The van der Waals surface area contributed by atoms with E-state index in [0.717, 1.165) is 19.3 Å². The summed E-state index contributed by atoms with van der Waals surface area (Å²) < 4.78 is 0. The summed E-state index contributed by atoms with van der Waals surface area (Å²) in [6.07, 6.45) is 7.58. The van der Waals surface area contributed by atoms with Crippen molar-refractivity contribution in [1.29, 1.82) is 5.26 Å². The number of carbonyl (C=O) groups excluding carboxylic acids is 1. The normalized spacial score (nSPS) is 18.1. The maximum atomic E-state index is 12.2. The van der Waals surface area contributed by atoms with Gasteiger partial charge in [0.25, 0.3) is 0 Å². The molecule has 0 unspecified atom stereocenters. The zero-order valence-electron chi connectivity index (χ0n) is 9.65. The van der Waals surface area contributed by atoms with Crippen molar-refractivity contribution in [2.24, 2.45) is 5.41 Å². The molecule has 1 aromatic heterocycles. The van der Waals surface area contributed by atoms with Gasteiger partial charge in [0.1, 0.15) is 5.41 Å². The molecule has 1 amide bonds. The van der Waals surface area contributed by atoms with Gasteiger partial charge in [-0.25, -0.2) is 0 Å². The first-order valence-electron chi connectivity index (χ1n) is 5.90. The van der Waals surface area contributed by atoms with Crippen LogP contribution in [0.2, 0.25) is 0 Å². The van der Waals surface area contributed by atoms with Crippen LogP contribution in [0.5, 0.6) is 0 Å². The van der Waals surface area contributed by atoms with Gasteiger partial charge in [-0.3, -0.25) is 9.78 Å². The lowest BCUT2D eigenvalue weighted by atomic mass is 9.74. The Morgan fingerprint density at radius 3 is 2.76 bits per heavy atom. The Bertz CT molecular complexity index is 430. The van der Waals surface area contributed by atoms with E-state index >= 15 is 0 Å². The highest BCUT2D eigenvalue weighted by atomic mass is 16.2. The third-order valence-electron chi connectivity index (χ3n) is 3.28. The van der Waals surface area contributed by atoms with Crippen LogP contribution in [-0.4, -0.2) is 10.9 Å². The topological polar surface area (TPSA) is 65.8 Å². The number of hydrogen-bond acceptors (Lipinski definition) is 3. The number of nitrogens with one attached hydrogen (secondary N) is 1. The van der Waals surface area contributed by atoms with Crippen LogP contribution in [0.3, 0.4) is 0 Å². The molecule has 1 fully saturated rings. The summed E-state index contributed by atoms with van der Waals surface area (Å²) in [5, 5.41) is 12.0. The molecule has 1 aliphatic carbocycles. The van der Waals surface area contributed by atoms with Gasteiger partial charge in [-0.05, 0) is 25.0 Å². The van der Waals surface area contributed by atoms with E-state index in [9.17, 15) is 10.1 Å². The van der Waals surface area contributed by atoms with E-state index in [1.807, 2.05) is 0 Å². The van der Waals surface area contributed by atoms with E-state index in [4.69, 9.17) is 0 Å². The van der Waals surface area contributed by atoms with Crippen LogP contribution in [0.1, 0.15) is 32.1 Å². The highest BCUT2D eigenvalue weighted by Crippen LogP contribution is 2.36. The number of aromatic nitrogens is 1. The molecule has 88 valence electrons. The van der Waals surface area contributed by atoms with Crippen molar-refractivity contribution in [3.05, 3.63) is 24.5 Å². The van der Waals surface area contributed by atoms with E-state index in [0.29, 0.717) is 18.5 Å². The second-order valence-electron chi connectivity index (χ2n) is 4.45. The maximum absolute atomic E-state index is 12.2. The quantitative estimate of drug-likeness (QED) is 0.847. The molecule has 1 saturated carbocycles. The first kappa shape index (κ1) is 11.6. The third kappa shape index (κ3) is 2.44.